The van der Waals surface area contributed by atoms with Crippen LogP contribution in [0.2, 0.25) is 0 Å². The molecule has 1 aliphatic heterocycles. The Hall–Kier alpha value is -3.26. The average molecular weight is 478 g/mol. The van der Waals surface area contributed by atoms with E-state index < -0.39 is 0 Å². The number of carbonyl (C=O) groups excluding carboxylic acids is 1. The van der Waals surface area contributed by atoms with Crippen molar-refractivity contribution in [2.75, 3.05) is 54.2 Å². The van der Waals surface area contributed by atoms with Gasteiger partial charge in [0.05, 0.1) is 18.6 Å². The van der Waals surface area contributed by atoms with Crippen molar-refractivity contribution in [2.45, 2.75) is 25.8 Å². The smallest absolute Gasteiger partial charge is 0.234 e. The van der Waals surface area contributed by atoms with Crippen LogP contribution in [0.15, 0.2) is 53.8 Å². The number of benzene rings is 2. The van der Waals surface area contributed by atoms with Gasteiger partial charge in [0.15, 0.2) is 0 Å². The first-order valence-corrected chi connectivity index (χ1v) is 12.4. The van der Waals surface area contributed by atoms with Crippen molar-refractivity contribution in [3.05, 3.63) is 65.5 Å². The fourth-order valence-corrected chi connectivity index (χ4v) is 5.00. The highest BCUT2D eigenvalue weighted by Crippen LogP contribution is 2.29. The summed E-state index contributed by atoms with van der Waals surface area (Å²) in [6, 6.07) is 14.3. The second-order valence-electron chi connectivity index (χ2n) is 8.47. The lowest BCUT2D eigenvalue weighted by Crippen LogP contribution is -2.47. The van der Waals surface area contributed by atoms with Crippen LogP contribution in [0.5, 0.6) is 5.75 Å². The van der Waals surface area contributed by atoms with E-state index in [9.17, 15) is 4.79 Å². The van der Waals surface area contributed by atoms with Gasteiger partial charge in [-0.2, -0.15) is 0 Å². The monoisotopic (exact) mass is 477 g/mol. The highest BCUT2D eigenvalue weighted by Gasteiger charge is 2.21. The van der Waals surface area contributed by atoms with Crippen LogP contribution in [0.1, 0.15) is 16.7 Å². The third kappa shape index (κ3) is 5.62. The van der Waals surface area contributed by atoms with E-state index in [1.165, 1.54) is 17.3 Å². The van der Waals surface area contributed by atoms with Crippen molar-refractivity contribution in [1.29, 1.82) is 0 Å². The summed E-state index contributed by atoms with van der Waals surface area (Å²) >= 11 is 1.43. The van der Waals surface area contributed by atoms with Gasteiger partial charge >= 0.3 is 0 Å². The van der Waals surface area contributed by atoms with Crippen molar-refractivity contribution >= 4 is 34.9 Å². The van der Waals surface area contributed by atoms with Gasteiger partial charge in [-0.15, -0.1) is 0 Å². The Balaban J connectivity index is 1.33. The second kappa shape index (κ2) is 10.8. The minimum absolute atomic E-state index is 0.0364. The topological polar surface area (TPSA) is 70.6 Å². The Morgan fingerprint density at radius 1 is 1.00 bits per heavy atom. The lowest BCUT2D eigenvalue weighted by atomic mass is 10.1. The van der Waals surface area contributed by atoms with E-state index in [0.717, 1.165) is 65.3 Å². The molecule has 7 nitrogen and oxygen atoms in total. The molecule has 1 amide bonds. The molecular weight excluding hydrogens is 446 g/mol. The van der Waals surface area contributed by atoms with Gasteiger partial charge in [0, 0.05) is 37.9 Å². The molecule has 1 N–H and O–H groups in total. The minimum atomic E-state index is -0.0364. The number of para-hydroxylation sites is 2. The average Bonchev–Trinajstić information content (AvgIpc) is 2.85. The summed E-state index contributed by atoms with van der Waals surface area (Å²) in [5.41, 5.74) is 5.36. The Bertz CT molecular complexity index is 1140. The molecule has 0 aliphatic carbocycles. The van der Waals surface area contributed by atoms with Gasteiger partial charge in [-0.05, 0) is 44.0 Å². The molecule has 0 radical (unpaired) electrons. The number of hydrogen-bond acceptors (Lipinski definition) is 7. The molecule has 3 aromatic rings. The third-order valence-electron chi connectivity index (χ3n) is 5.95. The summed E-state index contributed by atoms with van der Waals surface area (Å²) in [6.45, 7) is 9.57. The third-order valence-corrected chi connectivity index (χ3v) is 6.88. The van der Waals surface area contributed by atoms with Gasteiger partial charge in [0.25, 0.3) is 0 Å². The van der Waals surface area contributed by atoms with Crippen LogP contribution in [0.4, 0.5) is 17.2 Å². The summed E-state index contributed by atoms with van der Waals surface area (Å²) in [6.07, 6.45) is 1.58. The van der Waals surface area contributed by atoms with Crippen LogP contribution >= 0.6 is 11.8 Å². The van der Waals surface area contributed by atoms with Crippen LogP contribution < -0.4 is 19.9 Å². The number of anilines is 3. The van der Waals surface area contributed by atoms with Crippen molar-refractivity contribution in [1.82, 2.24) is 9.97 Å². The van der Waals surface area contributed by atoms with Crippen LogP contribution in [0, 0.1) is 20.8 Å². The maximum atomic E-state index is 12.6. The molecule has 1 aliphatic rings. The van der Waals surface area contributed by atoms with Crippen molar-refractivity contribution in [3.63, 3.8) is 0 Å². The number of methoxy groups -OCH3 is 1. The predicted octanol–water partition coefficient (Wildman–Crippen LogP) is 4.47. The molecule has 8 heteroatoms. The van der Waals surface area contributed by atoms with Gasteiger partial charge in [-0.25, -0.2) is 9.97 Å². The number of rotatable bonds is 7. The number of piperazine rings is 1. The summed E-state index contributed by atoms with van der Waals surface area (Å²) in [7, 11) is 1.71. The van der Waals surface area contributed by atoms with Crippen LogP contribution in [0.25, 0.3) is 0 Å². The number of aromatic nitrogens is 2. The zero-order chi connectivity index (χ0) is 24.1. The van der Waals surface area contributed by atoms with E-state index in [1.54, 1.807) is 13.4 Å². The maximum Gasteiger partial charge on any atom is 0.234 e. The summed E-state index contributed by atoms with van der Waals surface area (Å²) in [5, 5.41) is 3.85. The fraction of sp³-hybridized carbons (Fsp3) is 0.346. The molecule has 2 heterocycles. The van der Waals surface area contributed by atoms with E-state index in [-0.39, 0.29) is 5.91 Å². The van der Waals surface area contributed by atoms with Gasteiger partial charge in [-0.3, -0.25) is 4.79 Å². The SMILES string of the molecule is COc1ccccc1N1CCN(c2cc(SCC(=O)Nc3c(C)cc(C)cc3C)ncn2)CC1. The van der Waals surface area contributed by atoms with Crippen molar-refractivity contribution in [2.24, 2.45) is 0 Å². The number of hydrogen-bond donors (Lipinski definition) is 1. The Morgan fingerprint density at radius 3 is 2.38 bits per heavy atom. The molecule has 1 saturated heterocycles. The highest BCUT2D eigenvalue weighted by molar-refractivity contribution is 7.99. The van der Waals surface area contributed by atoms with Crippen LogP contribution in [-0.4, -0.2) is 54.9 Å². The summed E-state index contributed by atoms with van der Waals surface area (Å²) in [4.78, 5) is 26.0. The zero-order valence-electron chi connectivity index (χ0n) is 20.2. The number of nitrogens with one attached hydrogen (secondary N) is 1. The molecule has 0 saturated carbocycles. The standard InChI is InChI=1S/C26H31N5O2S/c1-18-13-19(2)26(20(3)14-18)29-24(32)16-34-25-15-23(27-17-28-25)31-11-9-30(10-12-31)21-7-5-6-8-22(21)33-4/h5-8,13-15,17H,9-12,16H2,1-4H3,(H,29,32). The van der Waals surface area contributed by atoms with Crippen LogP contribution in [-0.2, 0) is 4.79 Å². The largest absolute Gasteiger partial charge is 0.495 e. The zero-order valence-corrected chi connectivity index (χ0v) is 21.0. The number of carbonyl (C=O) groups is 1. The van der Waals surface area contributed by atoms with Crippen molar-refractivity contribution < 1.29 is 9.53 Å². The minimum Gasteiger partial charge on any atom is -0.495 e. The van der Waals surface area contributed by atoms with E-state index in [0.29, 0.717) is 5.75 Å². The van der Waals surface area contributed by atoms with Crippen LogP contribution in [0.3, 0.4) is 0 Å². The molecule has 0 unspecified atom stereocenters. The van der Waals surface area contributed by atoms with E-state index >= 15 is 0 Å². The predicted molar refractivity (Wildman–Crippen MR) is 139 cm³/mol. The van der Waals surface area contributed by atoms with Gasteiger partial charge in [-0.1, -0.05) is 41.6 Å². The lowest BCUT2D eigenvalue weighted by molar-refractivity contribution is -0.113. The number of nitrogens with zero attached hydrogens (tertiary/aromatic N) is 4. The van der Waals surface area contributed by atoms with Crippen molar-refractivity contribution in [3.8, 4) is 5.75 Å². The first-order valence-electron chi connectivity index (χ1n) is 11.4. The fourth-order valence-electron chi connectivity index (χ4n) is 4.34. The second-order valence-corrected chi connectivity index (χ2v) is 9.47. The molecule has 0 spiro atoms. The Morgan fingerprint density at radius 2 is 1.68 bits per heavy atom. The molecular formula is C26H31N5O2S. The number of aryl methyl sites for hydroxylation is 3. The molecule has 178 valence electrons. The normalized spacial score (nSPS) is 13.6. The highest BCUT2D eigenvalue weighted by atomic mass is 32.2. The quantitative estimate of drug-likeness (QED) is 0.398. The van der Waals surface area contributed by atoms with Gasteiger partial charge < -0.3 is 19.9 Å². The Labute approximate surface area is 205 Å². The molecule has 4 rings (SSSR count). The molecule has 1 aromatic heterocycles. The maximum absolute atomic E-state index is 12.6. The molecule has 2 aromatic carbocycles. The number of ether oxygens (including phenoxy) is 1. The molecule has 0 atom stereocenters. The van der Waals surface area contributed by atoms with E-state index in [1.807, 2.05) is 38.1 Å². The molecule has 1 fully saturated rings. The summed E-state index contributed by atoms with van der Waals surface area (Å²) < 4.78 is 5.52. The Kier molecular flexibility index (Phi) is 7.57. The lowest BCUT2D eigenvalue weighted by Gasteiger charge is -2.37. The first-order chi connectivity index (χ1) is 16.4. The molecule has 0 bridgehead atoms. The number of thioether (sulfide) groups is 1. The van der Waals surface area contributed by atoms with E-state index in [4.69, 9.17) is 4.74 Å². The first kappa shape index (κ1) is 23.9. The van der Waals surface area contributed by atoms with Gasteiger partial charge in [0.1, 0.15) is 22.9 Å². The van der Waals surface area contributed by atoms with Gasteiger partial charge in [0.2, 0.25) is 5.91 Å². The number of amides is 1. The molecule has 34 heavy (non-hydrogen) atoms. The summed E-state index contributed by atoms with van der Waals surface area (Å²) in [5.74, 6) is 2.05. The van der Waals surface area contributed by atoms with E-state index in [2.05, 4.69) is 50.2 Å².